The van der Waals surface area contributed by atoms with Gasteiger partial charge in [0.15, 0.2) is 0 Å². The summed E-state index contributed by atoms with van der Waals surface area (Å²) in [5, 5.41) is 0. The van der Waals surface area contributed by atoms with Crippen LogP contribution >= 0.6 is 0 Å². The highest BCUT2D eigenvalue weighted by atomic mass is 16.5. The van der Waals surface area contributed by atoms with Crippen LogP contribution in [0.15, 0.2) is 48.5 Å². The maximum Gasteiger partial charge on any atom is 0.228 e. The van der Waals surface area contributed by atoms with E-state index in [-0.39, 0.29) is 17.7 Å². The third kappa shape index (κ3) is 4.13. The number of aryl methyl sites for hydroxylation is 1. The van der Waals surface area contributed by atoms with Gasteiger partial charge in [-0.3, -0.25) is 9.59 Å². The molecular weight excluding hydrogens is 378 g/mol. The molecule has 2 aliphatic rings. The molecule has 2 amide bonds. The lowest BCUT2D eigenvalue weighted by Crippen LogP contribution is -2.50. The molecule has 0 aromatic heterocycles. The second kappa shape index (κ2) is 8.78. The van der Waals surface area contributed by atoms with Gasteiger partial charge in [-0.25, -0.2) is 0 Å². The maximum absolute atomic E-state index is 13.1. The maximum atomic E-state index is 13.1. The van der Waals surface area contributed by atoms with E-state index in [4.69, 9.17) is 4.74 Å². The SMILES string of the molecule is CCOc1ccccc1N1CCN(C(=O)[C@@H]2CC(=O)N(c3ccc(C)cc3)C2)CC1. The van der Waals surface area contributed by atoms with Crippen molar-refractivity contribution in [1.82, 2.24) is 4.90 Å². The van der Waals surface area contributed by atoms with Crippen molar-refractivity contribution in [2.75, 3.05) is 49.1 Å². The molecule has 2 aliphatic heterocycles. The number of anilines is 2. The van der Waals surface area contributed by atoms with E-state index in [0.29, 0.717) is 32.7 Å². The van der Waals surface area contributed by atoms with Crippen LogP contribution in [0.4, 0.5) is 11.4 Å². The molecule has 2 fully saturated rings. The van der Waals surface area contributed by atoms with Crippen molar-refractivity contribution < 1.29 is 14.3 Å². The van der Waals surface area contributed by atoms with Gasteiger partial charge in [0.05, 0.1) is 18.2 Å². The van der Waals surface area contributed by atoms with Gasteiger partial charge >= 0.3 is 0 Å². The Hall–Kier alpha value is -3.02. The smallest absolute Gasteiger partial charge is 0.228 e. The predicted molar refractivity (Wildman–Crippen MR) is 118 cm³/mol. The van der Waals surface area contributed by atoms with Crippen molar-refractivity contribution in [3.63, 3.8) is 0 Å². The van der Waals surface area contributed by atoms with E-state index < -0.39 is 0 Å². The number of ether oxygens (including phenoxy) is 1. The van der Waals surface area contributed by atoms with Crippen molar-refractivity contribution >= 4 is 23.2 Å². The number of piperazine rings is 1. The Morgan fingerprint density at radius 2 is 1.73 bits per heavy atom. The Kier molecular flexibility index (Phi) is 5.93. The largest absolute Gasteiger partial charge is 0.492 e. The molecule has 4 rings (SSSR count). The highest BCUT2D eigenvalue weighted by Gasteiger charge is 2.38. The molecule has 6 heteroatoms. The summed E-state index contributed by atoms with van der Waals surface area (Å²) >= 11 is 0. The molecule has 2 aromatic rings. The fourth-order valence-corrected chi connectivity index (χ4v) is 4.27. The highest BCUT2D eigenvalue weighted by Crippen LogP contribution is 2.30. The number of carbonyl (C=O) groups excluding carboxylic acids is 2. The third-order valence-corrected chi connectivity index (χ3v) is 5.92. The summed E-state index contributed by atoms with van der Waals surface area (Å²) in [5.74, 6) is 0.744. The van der Waals surface area contributed by atoms with Gasteiger partial charge in [0.1, 0.15) is 5.75 Å². The summed E-state index contributed by atoms with van der Waals surface area (Å²) in [6, 6.07) is 15.9. The van der Waals surface area contributed by atoms with E-state index in [0.717, 1.165) is 35.8 Å². The zero-order chi connectivity index (χ0) is 21.1. The minimum atomic E-state index is -0.263. The van der Waals surface area contributed by atoms with Crippen LogP contribution in [0.2, 0.25) is 0 Å². The van der Waals surface area contributed by atoms with Gasteiger partial charge < -0.3 is 19.4 Å². The molecule has 0 N–H and O–H groups in total. The first-order chi connectivity index (χ1) is 14.6. The fraction of sp³-hybridized carbons (Fsp3) is 0.417. The first-order valence-corrected chi connectivity index (χ1v) is 10.7. The molecule has 6 nitrogen and oxygen atoms in total. The Balaban J connectivity index is 1.37. The van der Waals surface area contributed by atoms with Crippen LogP contribution in [0.3, 0.4) is 0 Å². The third-order valence-electron chi connectivity index (χ3n) is 5.92. The van der Waals surface area contributed by atoms with Gasteiger partial charge in [-0.15, -0.1) is 0 Å². The fourth-order valence-electron chi connectivity index (χ4n) is 4.27. The summed E-state index contributed by atoms with van der Waals surface area (Å²) in [5.41, 5.74) is 3.10. The van der Waals surface area contributed by atoms with E-state index in [1.807, 2.05) is 61.2 Å². The van der Waals surface area contributed by atoms with Crippen LogP contribution in [-0.2, 0) is 9.59 Å². The second-order valence-corrected chi connectivity index (χ2v) is 7.95. The van der Waals surface area contributed by atoms with Crippen LogP contribution < -0.4 is 14.5 Å². The molecule has 1 atom stereocenters. The second-order valence-electron chi connectivity index (χ2n) is 7.95. The molecule has 2 aromatic carbocycles. The number of nitrogens with zero attached hydrogens (tertiary/aromatic N) is 3. The summed E-state index contributed by atoms with van der Waals surface area (Å²) in [4.78, 5) is 31.6. The Morgan fingerprint density at radius 1 is 1.03 bits per heavy atom. The van der Waals surface area contributed by atoms with E-state index >= 15 is 0 Å². The van der Waals surface area contributed by atoms with Gasteiger partial charge in [-0.1, -0.05) is 29.8 Å². The average molecular weight is 408 g/mol. The van der Waals surface area contributed by atoms with Gasteiger partial charge in [0, 0.05) is 44.8 Å². The number of amides is 2. The van der Waals surface area contributed by atoms with Crippen LogP contribution in [0, 0.1) is 12.8 Å². The first kappa shape index (κ1) is 20.3. The standard InChI is InChI=1S/C24H29N3O3/c1-3-30-22-7-5-4-6-21(22)25-12-14-26(15-13-25)24(29)19-16-23(28)27(17-19)20-10-8-18(2)9-11-20/h4-11,19H,3,12-17H2,1-2H3/t19-/m1/s1. The highest BCUT2D eigenvalue weighted by molar-refractivity contribution is 6.00. The zero-order valence-corrected chi connectivity index (χ0v) is 17.7. The molecule has 0 unspecified atom stereocenters. The molecule has 2 heterocycles. The minimum absolute atomic E-state index is 0.0291. The van der Waals surface area contributed by atoms with Crippen LogP contribution in [-0.4, -0.2) is 56.0 Å². The van der Waals surface area contributed by atoms with Crippen molar-refractivity contribution in [2.45, 2.75) is 20.3 Å². The summed E-state index contributed by atoms with van der Waals surface area (Å²) < 4.78 is 5.75. The van der Waals surface area contributed by atoms with Gasteiger partial charge in [-0.05, 0) is 38.1 Å². The van der Waals surface area contributed by atoms with E-state index in [2.05, 4.69) is 11.0 Å². The summed E-state index contributed by atoms with van der Waals surface area (Å²) in [6.07, 6.45) is 0.292. The van der Waals surface area contributed by atoms with Crippen molar-refractivity contribution in [1.29, 1.82) is 0 Å². The van der Waals surface area contributed by atoms with E-state index in [1.54, 1.807) is 4.90 Å². The van der Waals surface area contributed by atoms with Crippen LogP contribution in [0.25, 0.3) is 0 Å². The van der Waals surface area contributed by atoms with Crippen molar-refractivity contribution in [3.8, 4) is 5.75 Å². The predicted octanol–water partition coefficient (Wildman–Crippen LogP) is 3.10. The lowest BCUT2D eigenvalue weighted by Gasteiger charge is -2.37. The Bertz CT molecular complexity index is 904. The van der Waals surface area contributed by atoms with Crippen molar-refractivity contribution in [2.24, 2.45) is 5.92 Å². The molecule has 2 saturated heterocycles. The molecule has 0 radical (unpaired) electrons. The Labute approximate surface area is 178 Å². The van der Waals surface area contributed by atoms with Crippen LogP contribution in [0.5, 0.6) is 5.75 Å². The summed E-state index contributed by atoms with van der Waals surface area (Å²) in [7, 11) is 0. The number of carbonyl (C=O) groups is 2. The van der Waals surface area contributed by atoms with Gasteiger partial charge in [0.25, 0.3) is 0 Å². The average Bonchev–Trinajstić information content (AvgIpc) is 3.16. The lowest BCUT2D eigenvalue weighted by molar-refractivity contribution is -0.136. The van der Waals surface area contributed by atoms with E-state index in [9.17, 15) is 9.59 Å². The molecule has 0 bridgehead atoms. The summed E-state index contributed by atoms with van der Waals surface area (Å²) in [6.45, 7) is 7.95. The minimum Gasteiger partial charge on any atom is -0.492 e. The lowest BCUT2D eigenvalue weighted by atomic mass is 10.1. The first-order valence-electron chi connectivity index (χ1n) is 10.7. The quantitative estimate of drug-likeness (QED) is 0.764. The number of rotatable bonds is 5. The van der Waals surface area contributed by atoms with E-state index in [1.165, 1.54) is 0 Å². The zero-order valence-electron chi connectivity index (χ0n) is 17.7. The van der Waals surface area contributed by atoms with Gasteiger partial charge in [-0.2, -0.15) is 0 Å². The molecule has 30 heavy (non-hydrogen) atoms. The normalized spacial score (nSPS) is 19.3. The molecule has 0 spiro atoms. The number of benzene rings is 2. The number of hydrogen-bond acceptors (Lipinski definition) is 4. The number of para-hydroxylation sites is 2. The topological polar surface area (TPSA) is 53.1 Å². The molecular formula is C24H29N3O3. The molecule has 0 saturated carbocycles. The number of hydrogen-bond donors (Lipinski definition) is 0. The Morgan fingerprint density at radius 3 is 2.43 bits per heavy atom. The van der Waals surface area contributed by atoms with Gasteiger partial charge in [0.2, 0.25) is 11.8 Å². The molecule has 0 aliphatic carbocycles. The van der Waals surface area contributed by atoms with Crippen molar-refractivity contribution in [3.05, 3.63) is 54.1 Å². The molecule has 158 valence electrons. The van der Waals surface area contributed by atoms with Crippen LogP contribution in [0.1, 0.15) is 18.9 Å². The monoisotopic (exact) mass is 407 g/mol.